The van der Waals surface area contributed by atoms with E-state index in [1.54, 1.807) is 18.2 Å². The number of nitrogens with zero attached hydrogens (tertiary/aromatic N) is 1. The summed E-state index contributed by atoms with van der Waals surface area (Å²) in [4.78, 5) is 24.6. The molecule has 0 radical (unpaired) electrons. The molecule has 0 bridgehead atoms. The van der Waals surface area contributed by atoms with Gasteiger partial charge in [-0.15, -0.1) is 6.58 Å². The Labute approximate surface area is 120 Å². The topological polar surface area (TPSA) is 69.6 Å². The highest BCUT2D eigenvalue weighted by Crippen LogP contribution is 2.26. The molecule has 1 aromatic carbocycles. The number of nitrogens with one attached hydrogen (secondary N) is 1. The third-order valence-corrected chi connectivity index (χ3v) is 3.16. The van der Waals surface area contributed by atoms with Gasteiger partial charge in [-0.25, -0.2) is 9.59 Å². The summed E-state index contributed by atoms with van der Waals surface area (Å²) >= 11 is 3.24. The van der Waals surface area contributed by atoms with Crippen LogP contribution in [0.3, 0.4) is 0 Å². The second-order valence-corrected chi connectivity index (χ2v) is 4.58. The van der Waals surface area contributed by atoms with E-state index in [4.69, 9.17) is 5.11 Å². The van der Waals surface area contributed by atoms with E-state index in [2.05, 4.69) is 27.8 Å². The molecular weight excluding hydrogens is 312 g/mol. The Bertz CT molecular complexity index is 503. The van der Waals surface area contributed by atoms with Crippen molar-refractivity contribution >= 4 is 33.6 Å². The average molecular weight is 327 g/mol. The first-order chi connectivity index (χ1) is 9.01. The van der Waals surface area contributed by atoms with Crippen molar-refractivity contribution in [3.05, 3.63) is 40.9 Å². The third-order valence-electron chi connectivity index (χ3n) is 2.49. The van der Waals surface area contributed by atoms with Crippen molar-refractivity contribution in [2.24, 2.45) is 0 Å². The number of benzene rings is 1. The van der Waals surface area contributed by atoms with Crippen molar-refractivity contribution in [3.8, 4) is 0 Å². The van der Waals surface area contributed by atoms with Gasteiger partial charge in [0.2, 0.25) is 0 Å². The molecule has 0 aromatic heterocycles. The molecule has 1 aromatic rings. The molecule has 0 fully saturated rings. The van der Waals surface area contributed by atoms with Gasteiger partial charge < -0.3 is 15.3 Å². The second-order valence-electron chi connectivity index (χ2n) is 3.73. The Morgan fingerprint density at radius 1 is 1.53 bits per heavy atom. The van der Waals surface area contributed by atoms with Gasteiger partial charge in [0.15, 0.2) is 0 Å². The lowest BCUT2D eigenvalue weighted by Gasteiger charge is -2.20. The number of rotatable bonds is 5. The lowest BCUT2D eigenvalue weighted by atomic mass is 10.2. The monoisotopic (exact) mass is 326 g/mol. The number of halogens is 1. The molecule has 6 heteroatoms. The van der Waals surface area contributed by atoms with Gasteiger partial charge in [-0.05, 0) is 35.0 Å². The Kier molecular flexibility index (Phi) is 5.57. The number of hydrogen-bond donors (Lipinski definition) is 2. The SMILES string of the molecule is C=CCN(CC)C(=O)Nc1c(Br)cccc1C(=O)O. The Morgan fingerprint density at radius 2 is 2.21 bits per heavy atom. The number of carbonyl (C=O) groups excluding carboxylic acids is 1. The smallest absolute Gasteiger partial charge is 0.337 e. The summed E-state index contributed by atoms with van der Waals surface area (Å²) in [5.74, 6) is -1.09. The molecule has 2 amide bonds. The summed E-state index contributed by atoms with van der Waals surface area (Å²) in [6.07, 6.45) is 1.61. The number of likely N-dealkylation sites (N-methyl/N-ethyl adjacent to an activating group) is 1. The molecule has 5 nitrogen and oxygen atoms in total. The molecule has 0 saturated heterocycles. The van der Waals surface area contributed by atoms with Crippen LogP contribution in [0.4, 0.5) is 10.5 Å². The number of aromatic carboxylic acids is 1. The van der Waals surface area contributed by atoms with Gasteiger partial charge in [0.1, 0.15) is 0 Å². The number of carboxylic acid groups (broad SMARTS) is 1. The Hall–Kier alpha value is -1.82. The molecule has 0 saturated carbocycles. The van der Waals surface area contributed by atoms with Crippen LogP contribution in [0.15, 0.2) is 35.3 Å². The lowest BCUT2D eigenvalue weighted by molar-refractivity contribution is 0.0698. The van der Waals surface area contributed by atoms with E-state index in [0.717, 1.165) is 0 Å². The predicted molar refractivity (Wildman–Crippen MR) is 77.6 cm³/mol. The highest BCUT2D eigenvalue weighted by Gasteiger charge is 2.17. The standard InChI is InChI=1S/C13H15BrN2O3/c1-3-8-16(4-2)13(19)15-11-9(12(17)18)6-5-7-10(11)14/h3,5-7H,1,4,8H2,2H3,(H,15,19)(H,17,18). The summed E-state index contributed by atoms with van der Waals surface area (Å²) in [5.41, 5.74) is 0.292. The molecule has 0 unspecified atom stereocenters. The van der Waals surface area contributed by atoms with Crippen LogP contribution in [0, 0.1) is 0 Å². The van der Waals surface area contributed by atoms with Crippen LogP contribution in [0.5, 0.6) is 0 Å². The fraction of sp³-hybridized carbons (Fsp3) is 0.231. The average Bonchev–Trinajstić information content (AvgIpc) is 2.37. The third kappa shape index (κ3) is 3.82. The number of urea groups is 1. The highest BCUT2D eigenvalue weighted by atomic mass is 79.9. The van der Waals surface area contributed by atoms with Gasteiger partial charge >= 0.3 is 12.0 Å². The van der Waals surface area contributed by atoms with Crippen molar-refractivity contribution in [1.82, 2.24) is 4.90 Å². The quantitative estimate of drug-likeness (QED) is 0.816. The van der Waals surface area contributed by atoms with Crippen molar-refractivity contribution < 1.29 is 14.7 Å². The number of hydrogen-bond acceptors (Lipinski definition) is 2. The van der Waals surface area contributed by atoms with Gasteiger partial charge in [-0.1, -0.05) is 12.1 Å². The van der Waals surface area contributed by atoms with Crippen molar-refractivity contribution in [1.29, 1.82) is 0 Å². The van der Waals surface area contributed by atoms with Crippen molar-refractivity contribution in [2.75, 3.05) is 18.4 Å². The number of carbonyl (C=O) groups is 2. The molecule has 0 heterocycles. The molecule has 1 rings (SSSR count). The Balaban J connectivity index is 3.01. The van der Waals surface area contributed by atoms with Gasteiger partial charge in [0.25, 0.3) is 0 Å². The second kappa shape index (κ2) is 6.94. The van der Waals surface area contributed by atoms with E-state index in [1.807, 2.05) is 6.92 Å². The molecule has 102 valence electrons. The maximum absolute atomic E-state index is 12.0. The molecule has 19 heavy (non-hydrogen) atoms. The maximum Gasteiger partial charge on any atom is 0.337 e. The van der Waals surface area contributed by atoms with E-state index in [1.165, 1.54) is 11.0 Å². The van der Waals surface area contributed by atoms with Crippen LogP contribution in [-0.2, 0) is 0 Å². The molecular formula is C13H15BrN2O3. The molecule has 0 aliphatic rings. The van der Waals surface area contributed by atoms with Crippen molar-refractivity contribution in [2.45, 2.75) is 6.92 Å². The zero-order chi connectivity index (χ0) is 14.4. The van der Waals surface area contributed by atoms with Gasteiger partial charge in [-0.2, -0.15) is 0 Å². The van der Waals surface area contributed by atoms with E-state index in [-0.39, 0.29) is 17.3 Å². The normalized spacial score (nSPS) is 9.79. The van der Waals surface area contributed by atoms with E-state index < -0.39 is 5.97 Å². The van der Waals surface area contributed by atoms with Gasteiger partial charge in [0, 0.05) is 17.6 Å². The molecule has 0 spiro atoms. The van der Waals surface area contributed by atoms with E-state index in [0.29, 0.717) is 17.6 Å². The van der Waals surface area contributed by atoms with Crippen LogP contribution in [0.1, 0.15) is 17.3 Å². The summed E-state index contributed by atoms with van der Waals surface area (Å²) < 4.78 is 0.524. The zero-order valence-corrected chi connectivity index (χ0v) is 12.1. The first-order valence-electron chi connectivity index (χ1n) is 5.69. The first kappa shape index (κ1) is 15.2. The zero-order valence-electron chi connectivity index (χ0n) is 10.5. The number of carboxylic acids is 1. The minimum absolute atomic E-state index is 0.0392. The Morgan fingerprint density at radius 3 is 2.74 bits per heavy atom. The van der Waals surface area contributed by atoms with Crippen LogP contribution >= 0.6 is 15.9 Å². The van der Waals surface area contributed by atoms with Crippen molar-refractivity contribution in [3.63, 3.8) is 0 Å². The molecule has 0 aliphatic heterocycles. The van der Waals surface area contributed by atoms with Gasteiger partial charge in [0.05, 0.1) is 11.3 Å². The minimum atomic E-state index is -1.09. The fourth-order valence-electron chi connectivity index (χ4n) is 1.53. The summed E-state index contributed by atoms with van der Waals surface area (Å²) in [7, 11) is 0. The molecule has 0 aliphatic carbocycles. The molecule has 2 N–H and O–H groups in total. The van der Waals surface area contributed by atoms with E-state index in [9.17, 15) is 9.59 Å². The molecule has 0 atom stereocenters. The predicted octanol–water partition coefficient (Wildman–Crippen LogP) is 3.19. The van der Waals surface area contributed by atoms with Crippen LogP contribution in [0.25, 0.3) is 0 Å². The maximum atomic E-state index is 12.0. The van der Waals surface area contributed by atoms with Crippen LogP contribution in [0.2, 0.25) is 0 Å². The van der Waals surface area contributed by atoms with E-state index >= 15 is 0 Å². The summed E-state index contributed by atoms with van der Waals surface area (Å²) in [5, 5.41) is 11.7. The largest absolute Gasteiger partial charge is 0.478 e. The highest BCUT2D eigenvalue weighted by molar-refractivity contribution is 9.10. The van der Waals surface area contributed by atoms with Gasteiger partial charge in [-0.3, -0.25) is 0 Å². The number of para-hydroxylation sites is 1. The summed E-state index contributed by atoms with van der Waals surface area (Å²) in [6.45, 7) is 6.31. The lowest BCUT2D eigenvalue weighted by Crippen LogP contribution is -2.35. The van der Waals surface area contributed by atoms with Crippen LogP contribution in [-0.4, -0.2) is 35.1 Å². The van der Waals surface area contributed by atoms with Crippen LogP contribution < -0.4 is 5.32 Å². The minimum Gasteiger partial charge on any atom is -0.478 e. The first-order valence-corrected chi connectivity index (χ1v) is 6.49. The summed E-state index contributed by atoms with van der Waals surface area (Å²) in [6, 6.07) is 4.35. The number of amides is 2. The fourth-order valence-corrected chi connectivity index (χ4v) is 1.99. The number of anilines is 1.